The van der Waals surface area contributed by atoms with Crippen molar-refractivity contribution in [3.8, 4) is 22.4 Å². The molecule has 3 aromatic heterocycles. The van der Waals surface area contributed by atoms with E-state index in [1.807, 2.05) is 24.3 Å². The van der Waals surface area contributed by atoms with Gasteiger partial charge in [0.2, 0.25) is 5.78 Å². The summed E-state index contributed by atoms with van der Waals surface area (Å²) in [5.41, 5.74) is 5.56. The number of carbonyl (C=O) groups excluding carboxylic acids is 1. The first-order valence-electron chi connectivity index (χ1n) is 9.95. The van der Waals surface area contributed by atoms with Crippen molar-refractivity contribution < 1.29 is 9.18 Å². The zero-order valence-electron chi connectivity index (χ0n) is 16.9. The lowest BCUT2D eigenvalue weighted by Gasteiger charge is -2.06. The number of nitrogens with zero attached hydrogens (tertiary/aromatic N) is 4. The molecule has 0 bridgehead atoms. The highest BCUT2D eigenvalue weighted by Crippen LogP contribution is 2.35. The van der Waals surface area contributed by atoms with Crippen LogP contribution in [0.3, 0.4) is 0 Å². The van der Waals surface area contributed by atoms with Crippen LogP contribution in [0.1, 0.15) is 16.1 Å². The summed E-state index contributed by atoms with van der Waals surface area (Å²) in [4.78, 5) is 21.3. The minimum absolute atomic E-state index is 0.166. The summed E-state index contributed by atoms with van der Waals surface area (Å²) in [5, 5.41) is 4.79. The average Bonchev–Trinajstić information content (AvgIpc) is 3.24. The minimum Gasteiger partial charge on any atom is -0.287 e. The van der Waals surface area contributed by atoms with Crippen molar-refractivity contribution in [1.29, 1.82) is 0 Å². The van der Waals surface area contributed by atoms with Crippen LogP contribution in [0.4, 0.5) is 10.1 Å². The number of benzene rings is 2. The molecule has 0 unspecified atom stereocenters. The normalized spacial score (nSPS) is 10.9. The quantitative estimate of drug-likeness (QED) is 0.268. The predicted octanol–water partition coefficient (Wildman–Crippen LogP) is 5.77. The summed E-state index contributed by atoms with van der Waals surface area (Å²) in [7, 11) is 0. The summed E-state index contributed by atoms with van der Waals surface area (Å²) < 4.78 is 15.2. The van der Waals surface area contributed by atoms with E-state index in [2.05, 4.69) is 16.7 Å². The number of carbonyl (C=O) groups is 1. The van der Waals surface area contributed by atoms with Gasteiger partial charge in [-0.05, 0) is 85.1 Å². The van der Waals surface area contributed by atoms with Crippen molar-refractivity contribution in [2.24, 2.45) is 4.99 Å². The molecule has 5 rings (SSSR count). The maximum Gasteiger partial charge on any atom is 0.211 e. The van der Waals surface area contributed by atoms with E-state index in [9.17, 15) is 9.18 Å². The van der Waals surface area contributed by atoms with E-state index in [0.717, 1.165) is 22.2 Å². The van der Waals surface area contributed by atoms with E-state index in [1.165, 1.54) is 12.1 Å². The fraction of sp³-hybridized carbons (Fsp3) is 0. The van der Waals surface area contributed by atoms with Crippen LogP contribution < -0.4 is 0 Å². The molecule has 0 fully saturated rings. The Balaban J connectivity index is 1.74. The van der Waals surface area contributed by atoms with Gasteiger partial charge in [0, 0.05) is 29.1 Å². The number of ketones is 1. The van der Waals surface area contributed by atoms with Gasteiger partial charge in [-0.15, -0.1) is 0 Å². The molecule has 3 heterocycles. The van der Waals surface area contributed by atoms with Gasteiger partial charge >= 0.3 is 0 Å². The van der Waals surface area contributed by atoms with E-state index < -0.39 is 0 Å². The third kappa shape index (κ3) is 3.37. The first-order chi connectivity index (χ1) is 15.7. The van der Waals surface area contributed by atoms with Crippen molar-refractivity contribution in [2.75, 3.05) is 0 Å². The Morgan fingerprint density at radius 3 is 2.28 bits per heavy atom. The Hall–Kier alpha value is -4.45. The van der Waals surface area contributed by atoms with Crippen molar-refractivity contribution in [3.63, 3.8) is 0 Å². The molecule has 0 N–H and O–H groups in total. The molecule has 0 aliphatic rings. The van der Waals surface area contributed by atoms with Gasteiger partial charge in [-0.3, -0.25) is 14.8 Å². The summed E-state index contributed by atoms with van der Waals surface area (Å²) in [6.45, 7) is 3.50. The zero-order chi connectivity index (χ0) is 22.1. The molecule has 0 spiro atoms. The molecule has 6 heteroatoms. The van der Waals surface area contributed by atoms with Crippen LogP contribution in [0.25, 0.3) is 27.9 Å². The molecule has 0 aliphatic heterocycles. The number of aliphatic imine (C=N–C) groups is 1. The molecular formula is C26H17FN4O. The van der Waals surface area contributed by atoms with E-state index in [-0.39, 0.29) is 11.6 Å². The number of fused-ring (bicyclic) bond motifs is 1. The molecule has 5 nitrogen and oxygen atoms in total. The molecule has 32 heavy (non-hydrogen) atoms. The van der Waals surface area contributed by atoms with E-state index in [0.29, 0.717) is 22.6 Å². The molecule has 0 saturated heterocycles. The number of aromatic nitrogens is 3. The fourth-order valence-electron chi connectivity index (χ4n) is 3.72. The third-order valence-electron chi connectivity index (χ3n) is 5.29. The highest BCUT2D eigenvalue weighted by molar-refractivity contribution is 6.09. The summed E-state index contributed by atoms with van der Waals surface area (Å²) >= 11 is 0. The molecular weight excluding hydrogens is 403 g/mol. The van der Waals surface area contributed by atoms with Crippen molar-refractivity contribution in [2.45, 2.75) is 0 Å². The minimum atomic E-state index is -0.323. The van der Waals surface area contributed by atoms with Crippen LogP contribution >= 0.6 is 0 Å². The number of rotatable bonds is 5. The molecule has 0 radical (unpaired) electrons. The lowest BCUT2D eigenvalue weighted by Crippen LogP contribution is -2.08. The van der Waals surface area contributed by atoms with E-state index >= 15 is 0 Å². The Morgan fingerprint density at radius 1 is 0.875 bits per heavy atom. The number of hydrogen-bond donors (Lipinski definition) is 0. The second kappa shape index (κ2) is 8.00. The van der Waals surface area contributed by atoms with Gasteiger partial charge in [-0.2, -0.15) is 5.10 Å². The van der Waals surface area contributed by atoms with Crippen LogP contribution in [-0.2, 0) is 0 Å². The molecule has 154 valence electrons. The van der Waals surface area contributed by atoms with Gasteiger partial charge in [0.15, 0.2) is 0 Å². The monoisotopic (exact) mass is 420 g/mol. The van der Waals surface area contributed by atoms with Crippen molar-refractivity contribution >= 4 is 23.7 Å². The first kappa shape index (κ1) is 19.5. The van der Waals surface area contributed by atoms with Gasteiger partial charge < -0.3 is 0 Å². The van der Waals surface area contributed by atoms with Crippen molar-refractivity contribution in [1.82, 2.24) is 14.6 Å². The number of hydrogen-bond acceptors (Lipinski definition) is 4. The van der Waals surface area contributed by atoms with Crippen LogP contribution in [-0.4, -0.2) is 27.1 Å². The molecule has 0 aliphatic carbocycles. The summed E-state index contributed by atoms with van der Waals surface area (Å²) in [6.07, 6.45) is 3.41. The Bertz CT molecular complexity index is 1440. The SMILES string of the molecule is C=Nc1ccc(C(=O)c2cccc3c(-c4ccncc4)c(-c4ccc(F)cc4)nn23)cc1. The second-order valence-electron chi connectivity index (χ2n) is 7.21. The maximum atomic E-state index is 13.6. The largest absolute Gasteiger partial charge is 0.287 e. The summed E-state index contributed by atoms with van der Waals surface area (Å²) in [5.74, 6) is -0.489. The lowest BCUT2D eigenvalue weighted by atomic mass is 10.0. The predicted molar refractivity (Wildman–Crippen MR) is 123 cm³/mol. The highest BCUT2D eigenvalue weighted by Gasteiger charge is 2.21. The van der Waals surface area contributed by atoms with E-state index in [1.54, 1.807) is 59.4 Å². The molecule has 0 saturated carbocycles. The average molecular weight is 420 g/mol. The smallest absolute Gasteiger partial charge is 0.211 e. The summed E-state index contributed by atoms with van der Waals surface area (Å²) in [6, 6.07) is 22.4. The van der Waals surface area contributed by atoms with Gasteiger partial charge in [0.05, 0.1) is 11.2 Å². The van der Waals surface area contributed by atoms with Crippen LogP contribution in [0, 0.1) is 5.82 Å². The van der Waals surface area contributed by atoms with Gasteiger partial charge in [-0.25, -0.2) is 8.91 Å². The Morgan fingerprint density at radius 2 is 1.59 bits per heavy atom. The van der Waals surface area contributed by atoms with Crippen LogP contribution in [0.15, 0.2) is 96.2 Å². The standard InChI is InChI=1S/C26H17FN4O/c1-28-21-11-7-19(8-12-21)26(32)23-4-2-3-22-24(17-13-15-29-16-14-17)25(30-31(22)23)18-5-9-20(27)10-6-18/h2-16H,1H2. The fourth-order valence-corrected chi connectivity index (χ4v) is 3.72. The first-order valence-corrected chi connectivity index (χ1v) is 9.95. The molecule has 5 aromatic rings. The zero-order valence-corrected chi connectivity index (χ0v) is 16.9. The molecule has 0 atom stereocenters. The maximum absolute atomic E-state index is 13.6. The Kier molecular flexibility index (Phi) is 4.88. The van der Waals surface area contributed by atoms with E-state index in [4.69, 9.17) is 5.10 Å². The lowest BCUT2D eigenvalue weighted by molar-refractivity contribution is 0.103. The number of pyridine rings is 2. The topological polar surface area (TPSA) is 59.6 Å². The highest BCUT2D eigenvalue weighted by atomic mass is 19.1. The van der Waals surface area contributed by atoms with Gasteiger partial charge in [0.1, 0.15) is 17.2 Å². The van der Waals surface area contributed by atoms with Crippen molar-refractivity contribution in [3.05, 3.63) is 108 Å². The molecule has 0 amide bonds. The van der Waals surface area contributed by atoms with Gasteiger partial charge in [-0.1, -0.05) is 6.07 Å². The Labute approximate surface area is 183 Å². The second-order valence-corrected chi connectivity index (χ2v) is 7.21. The van der Waals surface area contributed by atoms with Crippen LogP contribution in [0.2, 0.25) is 0 Å². The molecule has 2 aromatic carbocycles. The third-order valence-corrected chi connectivity index (χ3v) is 5.29. The number of halogens is 1. The van der Waals surface area contributed by atoms with Crippen LogP contribution in [0.5, 0.6) is 0 Å². The van der Waals surface area contributed by atoms with Gasteiger partial charge in [0.25, 0.3) is 0 Å².